The third-order valence-corrected chi connectivity index (χ3v) is 2.64. The van der Waals surface area contributed by atoms with Gasteiger partial charge in [0.15, 0.2) is 0 Å². The van der Waals surface area contributed by atoms with E-state index < -0.39 is 0 Å². The van der Waals surface area contributed by atoms with Gasteiger partial charge in [0, 0.05) is 6.04 Å². The molecule has 0 aromatic heterocycles. The molecule has 1 aromatic rings. The van der Waals surface area contributed by atoms with Gasteiger partial charge in [-0.15, -0.1) is 0 Å². The number of carbonyl (C=O) groups excluding carboxylic acids is 1. The molecular weight excluding hydrogens is 204 g/mol. The zero-order chi connectivity index (χ0) is 11.5. The van der Waals surface area contributed by atoms with E-state index in [1.807, 2.05) is 0 Å². The summed E-state index contributed by atoms with van der Waals surface area (Å²) in [5, 5.41) is 15.5. The van der Waals surface area contributed by atoms with Crippen LogP contribution in [0.3, 0.4) is 0 Å². The Hall–Kier alpha value is -1.55. The Morgan fingerprint density at radius 1 is 1.50 bits per heavy atom. The molecule has 3 N–H and O–H groups in total. The molecule has 0 heterocycles. The van der Waals surface area contributed by atoms with Gasteiger partial charge in [0.1, 0.15) is 5.75 Å². The second kappa shape index (κ2) is 4.53. The Labute approximate surface area is 94.7 Å². The Balaban J connectivity index is 1.91. The number of hydrogen-bond acceptors (Lipinski definition) is 3. The predicted octanol–water partition coefficient (Wildman–Crippen LogP) is 1.39. The average molecular weight is 220 g/mol. The number of carbonyl (C=O) groups is 1. The van der Waals surface area contributed by atoms with E-state index in [1.165, 1.54) is 0 Å². The van der Waals surface area contributed by atoms with Crippen molar-refractivity contribution in [3.8, 4) is 5.75 Å². The summed E-state index contributed by atoms with van der Waals surface area (Å²) in [5.41, 5.74) is 1.23. The minimum Gasteiger partial charge on any atom is -0.505 e. The van der Waals surface area contributed by atoms with E-state index in [2.05, 4.69) is 10.6 Å². The number of para-hydroxylation sites is 1. The monoisotopic (exact) mass is 220 g/mol. The van der Waals surface area contributed by atoms with Gasteiger partial charge in [0.05, 0.1) is 12.2 Å². The van der Waals surface area contributed by atoms with Gasteiger partial charge in [-0.1, -0.05) is 12.1 Å². The molecule has 0 aliphatic heterocycles. The Morgan fingerprint density at radius 2 is 2.25 bits per heavy atom. The average Bonchev–Trinajstić information content (AvgIpc) is 3.06. The molecule has 4 nitrogen and oxygen atoms in total. The first kappa shape index (κ1) is 11.0. The number of phenols is 1. The van der Waals surface area contributed by atoms with Crippen LogP contribution in [-0.4, -0.2) is 23.6 Å². The molecule has 1 fully saturated rings. The van der Waals surface area contributed by atoms with Crippen molar-refractivity contribution in [2.75, 3.05) is 11.9 Å². The maximum absolute atomic E-state index is 11.5. The molecule has 4 heteroatoms. The lowest BCUT2D eigenvalue weighted by Crippen LogP contribution is -2.29. The second-order valence-corrected chi connectivity index (χ2v) is 4.17. The summed E-state index contributed by atoms with van der Waals surface area (Å²) < 4.78 is 0. The lowest BCUT2D eigenvalue weighted by Gasteiger charge is -2.09. The van der Waals surface area contributed by atoms with Crippen LogP contribution in [0.5, 0.6) is 5.75 Å². The molecule has 0 unspecified atom stereocenters. The van der Waals surface area contributed by atoms with Crippen LogP contribution in [0.25, 0.3) is 0 Å². The van der Waals surface area contributed by atoms with Crippen molar-refractivity contribution < 1.29 is 9.90 Å². The van der Waals surface area contributed by atoms with Crippen molar-refractivity contribution in [1.82, 2.24) is 5.32 Å². The van der Waals surface area contributed by atoms with E-state index >= 15 is 0 Å². The van der Waals surface area contributed by atoms with E-state index in [9.17, 15) is 9.90 Å². The van der Waals surface area contributed by atoms with E-state index in [1.54, 1.807) is 25.1 Å². The zero-order valence-corrected chi connectivity index (χ0v) is 9.29. The quantitative estimate of drug-likeness (QED) is 0.672. The standard InChI is InChI=1S/C12H16N2O2/c1-8-3-2-4-10(12(8)16)14-11(15)7-13-9-5-6-9/h2-4,9,13,16H,5-7H2,1H3,(H,14,15). The SMILES string of the molecule is Cc1cccc(NC(=O)CNC2CC2)c1O. The van der Waals surface area contributed by atoms with Gasteiger partial charge in [-0.25, -0.2) is 0 Å². The minimum atomic E-state index is -0.118. The van der Waals surface area contributed by atoms with Crippen molar-refractivity contribution in [1.29, 1.82) is 0 Å². The van der Waals surface area contributed by atoms with Crippen LogP contribution in [0.1, 0.15) is 18.4 Å². The van der Waals surface area contributed by atoms with Crippen LogP contribution in [0.4, 0.5) is 5.69 Å². The molecule has 16 heavy (non-hydrogen) atoms. The normalized spacial score (nSPS) is 14.8. The second-order valence-electron chi connectivity index (χ2n) is 4.17. The number of amides is 1. The van der Waals surface area contributed by atoms with E-state index in [0.29, 0.717) is 18.3 Å². The number of rotatable bonds is 4. The molecule has 1 amide bonds. The lowest BCUT2D eigenvalue weighted by atomic mass is 10.2. The first-order chi connectivity index (χ1) is 7.66. The number of anilines is 1. The summed E-state index contributed by atoms with van der Waals surface area (Å²) >= 11 is 0. The fourth-order valence-electron chi connectivity index (χ4n) is 1.48. The van der Waals surface area contributed by atoms with Crippen LogP contribution in [-0.2, 0) is 4.79 Å². The van der Waals surface area contributed by atoms with Crippen LogP contribution in [0.2, 0.25) is 0 Å². The molecule has 0 radical (unpaired) electrons. The third-order valence-electron chi connectivity index (χ3n) is 2.64. The van der Waals surface area contributed by atoms with Gasteiger partial charge in [-0.2, -0.15) is 0 Å². The van der Waals surface area contributed by atoms with Gasteiger partial charge in [0.2, 0.25) is 5.91 Å². The van der Waals surface area contributed by atoms with Gasteiger partial charge < -0.3 is 15.7 Å². The maximum atomic E-state index is 11.5. The Morgan fingerprint density at radius 3 is 2.94 bits per heavy atom. The highest BCUT2D eigenvalue weighted by atomic mass is 16.3. The number of hydrogen-bond donors (Lipinski definition) is 3. The highest BCUT2D eigenvalue weighted by Gasteiger charge is 2.21. The minimum absolute atomic E-state index is 0.118. The fraction of sp³-hybridized carbons (Fsp3) is 0.417. The molecule has 1 saturated carbocycles. The van der Waals surface area contributed by atoms with Gasteiger partial charge in [-0.05, 0) is 31.4 Å². The van der Waals surface area contributed by atoms with Crippen LogP contribution in [0.15, 0.2) is 18.2 Å². The smallest absolute Gasteiger partial charge is 0.238 e. The molecule has 0 spiro atoms. The molecule has 0 bridgehead atoms. The van der Waals surface area contributed by atoms with Crippen molar-refractivity contribution in [3.63, 3.8) is 0 Å². The molecule has 2 rings (SSSR count). The maximum Gasteiger partial charge on any atom is 0.238 e. The molecule has 0 atom stereocenters. The van der Waals surface area contributed by atoms with Crippen molar-refractivity contribution in [2.45, 2.75) is 25.8 Å². The largest absolute Gasteiger partial charge is 0.505 e. The highest BCUT2D eigenvalue weighted by molar-refractivity contribution is 5.93. The van der Waals surface area contributed by atoms with Crippen molar-refractivity contribution >= 4 is 11.6 Å². The first-order valence-corrected chi connectivity index (χ1v) is 5.48. The summed E-state index contributed by atoms with van der Waals surface area (Å²) in [7, 11) is 0. The third kappa shape index (κ3) is 2.73. The van der Waals surface area contributed by atoms with Gasteiger partial charge in [0.25, 0.3) is 0 Å². The topological polar surface area (TPSA) is 61.4 Å². The van der Waals surface area contributed by atoms with E-state index in [4.69, 9.17) is 0 Å². The fourth-order valence-corrected chi connectivity index (χ4v) is 1.48. The lowest BCUT2D eigenvalue weighted by molar-refractivity contribution is -0.115. The first-order valence-electron chi connectivity index (χ1n) is 5.48. The van der Waals surface area contributed by atoms with Crippen molar-refractivity contribution in [3.05, 3.63) is 23.8 Å². The Bertz CT molecular complexity index is 400. The van der Waals surface area contributed by atoms with Gasteiger partial charge >= 0.3 is 0 Å². The summed E-state index contributed by atoms with van der Waals surface area (Å²) in [6.45, 7) is 2.10. The summed E-state index contributed by atoms with van der Waals surface area (Å²) in [5.74, 6) is 0.0232. The number of aromatic hydroxyl groups is 1. The summed E-state index contributed by atoms with van der Waals surface area (Å²) in [6, 6.07) is 5.81. The molecular formula is C12H16N2O2. The molecule has 1 aromatic carbocycles. The van der Waals surface area contributed by atoms with E-state index in [0.717, 1.165) is 18.4 Å². The van der Waals surface area contributed by atoms with E-state index in [-0.39, 0.29) is 11.7 Å². The van der Waals surface area contributed by atoms with Crippen LogP contribution < -0.4 is 10.6 Å². The molecule has 1 aliphatic carbocycles. The van der Waals surface area contributed by atoms with Gasteiger partial charge in [-0.3, -0.25) is 4.79 Å². The number of aryl methyl sites for hydroxylation is 1. The number of benzene rings is 1. The number of nitrogens with one attached hydrogen (secondary N) is 2. The zero-order valence-electron chi connectivity index (χ0n) is 9.29. The Kier molecular flexibility index (Phi) is 3.10. The van der Waals surface area contributed by atoms with Crippen molar-refractivity contribution in [2.24, 2.45) is 0 Å². The summed E-state index contributed by atoms with van der Waals surface area (Å²) in [4.78, 5) is 11.5. The predicted molar refractivity (Wildman–Crippen MR) is 62.5 cm³/mol. The summed E-state index contributed by atoms with van der Waals surface area (Å²) in [6.07, 6.45) is 2.31. The van der Waals surface area contributed by atoms with Crippen LogP contribution in [0, 0.1) is 6.92 Å². The molecule has 0 saturated heterocycles. The number of phenolic OH excluding ortho intramolecular Hbond substituents is 1. The highest BCUT2D eigenvalue weighted by Crippen LogP contribution is 2.26. The van der Waals surface area contributed by atoms with Crippen LogP contribution >= 0.6 is 0 Å². The molecule has 1 aliphatic rings. The molecule has 86 valence electrons.